The average Bonchev–Trinajstić information content (AvgIpc) is 2.91. The monoisotopic (exact) mass is 309 g/mol. The van der Waals surface area contributed by atoms with Gasteiger partial charge in [-0.05, 0) is 24.1 Å². The number of likely N-dealkylation sites (N-methyl/N-ethyl adjacent to an activating group) is 1. The summed E-state index contributed by atoms with van der Waals surface area (Å²) in [4.78, 5) is 0. The Kier molecular flexibility index (Phi) is 2.70. The van der Waals surface area contributed by atoms with E-state index < -0.39 is 0 Å². The van der Waals surface area contributed by atoms with E-state index in [-0.39, 0.29) is 12.6 Å². The van der Waals surface area contributed by atoms with Crippen LogP contribution in [0.5, 0.6) is 0 Å². The van der Waals surface area contributed by atoms with Gasteiger partial charge in [0.25, 0.3) is 0 Å². The van der Waals surface area contributed by atoms with Crippen LogP contribution in [-0.2, 0) is 6.42 Å². The molecule has 0 aliphatic carbocycles. The van der Waals surface area contributed by atoms with Crippen LogP contribution >= 0.6 is 0 Å². The fourth-order valence-corrected chi connectivity index (χ4v) is 5.73. The molecule has 4 unspecified atom stereocenters. The predicted molar refractivity (Wildman–Crippen MR) is 92.3 cm³/mol. The zero-order chi connectivity index (χ0) is 15.8. The molecule has 3 aliphatic heterocycles. The number of fused-ring (bicyclic) bond motifs is 4. The first-order valence-electron chi connectivity index (χ1n) is 8.90. The number of hydrogen-bond donors (Lipinski definition) is 1. The lowest BCUT2D eigenvalue weighted by molar-refractivity contribution is -0.943. The zero-order valence-electron chi connectivity index (χ0n) is 14.0. The molecule has 2 bridgehead atoms. The van der Waals surface area contributed by atoms with Crippen molar-refractivity contribution in [3.05, 3.63) is 47.2 Å². The summed E-state index contributed by atoms with van der Waals surface area (Å²) >= 11 is 0. The molecule has 1 aromatic carbocycles. The number of nitrogens with zero attached hydrogens (tertiary/aromatic N) is 2. The van der Waals surface area contributed by atoms with Gasteiger partial charge in [-0.1, -0.05) is 24.3 Å². The summed E-state index contributed by atoms with van der Waals surface area (Å²) in [6.07, 6.45) is 4.68. The van der Waals surface area contributed by atoms with Crippen molar-refractivity contribution in [3.8, 4) is 0 Å². The van der Waals surface area contributed by atoms with Gasteiger partial charge in [0.1, 0.15) is 12.6 Å². The summed E-state index contributed by atoms with van der Waals surface area (Å²) in [6.45, 7) is 4.81. The van der Waals surface area contributed by atoms with Gasteiger partial charge in [0.15, 0.2) is 0 Å². The quantitative estimate of drug-likeness (QED) is 0.635. The second kappa shape index (κ2) is 4.49. The highest BCUT2D eigenvalue weighted by molar-refractivity contribution is 5.86. The van der Waals surface area contributed by atoms with E-state index in [0.717, 1.165) is 17.4 Å². The van der Waals surface area contributed by atoms with E-state index >= 15 is 0 Å². The average molecular weight is 309 g/mol. The Morgan fingerprint density at radius 3 is 2.96 bits per heavy atom. The van der Waals surface area contributed by atoms with Gasteiger partial charge in [-0.15, -0.1) is 0 Å². The maximum Gasteiger partial charge on any atom is 0.131 e. The molecule has 5 rings (SSSR count). The van der Waals surface area contributed by atoms with E-state index in [0.29, 0.717) is 12.0 Å². The third kappa shape index (κ3) is 1.57. The van der Waals surface area contributed by atoms with E-state index in [1.165, 1.54) is 29.6 Å². The van der Waals surface area contributed by atoms with Gasteiger partial charge < -0.3 is 14.2 Å². The van der Waals surface area contributed by atoms with E-state index in [9.17, 15) is 5.11 Å². The van der Waals surface area contributed by atoms with Gasteiger partial charge in [0.2, 0.25) is 0 Å². The number of aliphatic hydroxyl groups is 1. The second-order valence-corrected chi connectivity index (χ2v) is 7.83. The molecular formula is C20H25N2O+. The standard InChI is InChI=1S/C20H25N2O/c1-3-13-11-22(2)9-8-15-14-6-4-5-7-17(14)21-18(12-23)16(13)10-19(22)20(15)21/h3-7,16,18-19,23H,8-12H2,1-2H3/q+1. The number of hydrogen-bond acceptors (Lipinski definition) is 1. The molecule has 3 nitrogen and oxygen atoms in total. The van der Waals surface area contributed by atoms with Crippen LogP contribution in [0.15, 0.2) is 35.9 Å². The van der Waals surface area contributed by atoms with Crippen molar-refractivity contribution < 1.29 is 9.59 Å². The summed E-state index contributed by atoms with van der Waals surface area (Å²) in [7, 11) is 2.44. The van der Waals surface area contributed by atoms with Crippen LogP contribution in [0.2, 0.25) is 0 Å². The van der Waals surface area contributed by atoms with E-state index in [1.54, 1.807) is 11.1 Å². The highest BCUT2D eigenvalue weighted by Gasteiger charge is 2.53. The Morgan fingerprint density at radius 1 is 1.35 bits per heavy atom. The van der Waals surface area contributed by atoms with Crippen LogP contribution in [-0.4, -0.2) is 40.9 Å². The molecule has 0 radical (unpaired) electrons. The number of rotatable bonds is 1. The summed E-state index contributed by atoms with van der Waals surface area (Å²) in [5, 5.41) is 11.6. The Balaban J connectivity index is 1.88. The molecule has 120 valence electrons. The molecule has 4 atom stereocenters. The van der Waals surface area contributed by atoms with Crippen LogP contribution in [0.4, 0.5) is 0 Å². The Hall–Kier alpha value is -1.58. The van der Waals surface area contributed by atoms with Gasteiger partial charge >= 0.3 is 0 Å². The normalized spacial score (nSPS) is 36.7. The Bertz CT molecular complexity index is 834. The number of aromatic nitrogens is 1. The van der Waals surface area contributed by atoms with E-state index in [2.05, 4.69) is 48.9 Å². The molecule has 1 N–H and O–H groups in total. The first-order chi connectivity index (χ1) is 11.2. The van der Waals surface area contributed by atoms with Crippen LogP contribution < -0.4 is 0 Å². The maximum absolute atomic E-state index is 10.2. The lowest BCUT2D eigenvalue weighted by Crippen LogP contribution is -2.59. The van der Waals surface area contributed by atoms with Crippen molar-refractivity contribution in [2.24, 2.45) is 5.92 Å². The van der Waals surface area contributed by atoms with Gasteiger partial charge in [-0.25, -0.2) is 0 Å². The minimum atomic E-state index is 0.206. The van der Waals surface area contributed by atoms with Crippen molar-refractivity contribution in [1.29, 1.82) is 0 Å². The number of para-hydroxylation sites is 1. The molecule has 1 saturated heterocycles. The molecule has 1 fully saturated rings. The number of benzene rings is 1. The molecule has 4 heterocycles. The van der Waals surface area contributed by atoms with E-state index in [4.69, 9.17) is 0 Å². The van der Waals surface area contributed by atoms with Crippen molar-refractivity contribution >= 4 is 10.9 Å². The molecule has 1 aromatic heterocycles. The molecule has 0 saturated carbocycles. The summed E-state index contributed by atoms with van der Waals surface area (Å²) in [5.41, 5.74) is 5.97. The number of aliphatic hydroxyl groups excluding tert-OH is 1. The lowest BCUT2D eigenvalue weighted by Gasteiger charge is -2.55. The first kappa shape index (κ1) is 13.8. The molecule has 3 heteroatoms. The Labute approximate surface area is 137 Å². The van der Waals surface area contributed by atoms with E-state index in [1.807, 2.05) is 0 Å². The van der Waals surface area contributed by atoms with Gasteiger partial charge in [0.05, 0.1) is 31.9 Å². The molecule has 0 spiro atoms. The third-order valence-corrected chi connectivity index (χ3v) is 6.85. The van der Waals surface area contributed by atoms with Crippen LogP contribution in [0.3, 0.4) is 0 Å². The van der Waals surface area contributed by atoms with Crippen LogP contribution in [0.25, 0.3) is 10.9 Å². The fourth-order valence-electron chi connectivity index (χ4n) is 5.73. The topological polar surface area (TPSA) is 25.2 Å². The second-order valence-electron chi connectivity index (χ2n) is 7.83. The number of quaternary nitrogens is 1. The van der Waals surface area contributed by atoms with Gasteiger partial charge in [-0.2, -0.15) is 0 Å². The predicted octanol–water partition coefficient (Wildman–Crippen LogP) is 3.20. The summed E-state index contributed by atoms with van der Waals surface area (Å²) in [5.74, 6) is 0.496. The van der Waals surface area contributed by atoms with Crippen LogP contribution in [0.1, 0.15) is 36.7 Å². The molecule has 23 heavy (non-hydrogen) atoms. The first-order valence-corrected chi connectivity index (χ1v) is 8.90. The summed E-state index contributed by atoms with van der Waals surface area (Å²) in [6, 6.07) is 9.63. The SMILES string of the molecule is CC=C1C[N+]2(C)CCc3c4n(c5ccccc35)C(CO)C1CC42. The molecule has 3 aliphatic rings. The minimum absolute atomic E-state index is 0.206. The largest absolute Gasteiger partial charge is 0.394 e. The smallest absolute Gasteiger partial charge is 0.131 e. The maximum atomic E-state index is 10.2. The molecular weight excluding hydrogens is 284 g/mol. The van der Waals surface area contributed by atoms with Crippen LogP contribution in [0, 0.1) is 5.92 Å². The fraction of sp³-hybridized carbons (Fsp3) is 0.500. The zero-order valence-corrected chi connectivity index (χ0v) is 14.0. The van der Waals surface area contributed by atoms with Gasteiger partial charge in [0, 0.05) is 29.7 Å². The van der Waals surface area contributed by atoms with Crippen molar-refractivity contribution in [3.63, 3.8) is 0 Å². The molecule has 0 amide bonds. The minimum Gasteiger partial charge on any atom is -0.394 e. The lowest BCUT2D eigenvalue weighted by atomic mass is 9.74. The van der Waals surface area contributed by atoms with Gasteiger partial charge in [-0.3, -0.25) is 0 Å². The highest BCUT2D eigenvalue weighted by Crippen LogP contribution is 2.55. The van der Waals surface area contributed by atoms with Crippen molar-refractivity contribution in [2.45, 2.75) is 31.8 Å². The Morgan fingerprint density at radius 2 is 2.17 bits per heavy atom. The third-order valence-electron chi connectivity index (χ3n) is 6.85. The van der Waals surface area contributed by atoms with Crippen molar-refractivity contribution in [2.75, 3.05) is 26.7 Å². The number of piperidine rings is 1. The van der Waals surface area contributed by atoms with Crippen molar-refractivity contribution in [1.82, 2.24) is 4.57 Å². The summed E-state index contributed by atoms with van der Waals surface area (Å²) < 4.78 is 3.67. The molecule has 2 aromatic rings. The number of allylic oxidation sites excluding steroid dienone is 1. The highest BCUT2D eigenvalue weighted by atomic mass is 16.3.